The average molecular weight is 499 g/mol. The Morgan fingerprint density at radius 2 is 1.57 bits per heavy atom. The third-order valence-corrected chi connectivity index (χ3v) is 6.97. The SMILES string of the molecule is CCCCCN(CCCCC)C(=O)[C@@H](Cc1c[nH]c2ccccc12)NC(=O)c1nccc2ccccc12. The first-order valence-electron chi connectivity index (χ1n) is 13.6. The van der Waals surface area contributed by atoms with Crippen LogP contribution in [0.1, 0.15) is 68.4 Å². The maximum absolute atomic E-state index is 14.0. The van der Waals surface area contributed by atoms with Crippen LogP contribution in [0.2, 0.25) is 0 Å². The fourth-order valence-corrected chi connectivity index (χ4v) is 4.91. The van der Waals surface area contributed by atoms with Crippen LogP contribution in [-0.4, -0.2) is 45.8 Å². The summed E-state index contributed by atoms with van der Waals surface area (Å²) >= 11 is 0. The van der Waals surface area contributed by atoms with Gasteiger partial charge in [0.2, 0.25) is 5.91 Å². The van der Waals surface area contributed by atoms with E-state index in [4.69, 9.17) is 0 Å². The Kier molecular flexibility index (Phi) is 9.30. The molecule has 0 aliphatic rings. The predicted octanol–water partition coefficient (Wildman–Crippen LogP) is 6.27. The van der Waals surface area contributed by atoms with E-state index in [1.807, 2.05) is 59.6 Å². The number of H-pyrrole nitrogens is 1. The molecule has 2 N–H and O–H groups in total. The van der Waals surface area contributed by atoms with Crippen LogP contribution in [0, 0.1) is 0 Å². The molecule has 2 amide bonds. The Morgan fingerprint density at radius 1 is 0.892 bits per heavy atom. The molecule has 6 nitrogen and oxygen atoms in total. The first-order valence-corrected chi connectivity index (χ1v) is 13.6. The van der Waals surface area contributed by atoms with Crippen LogP contribution in [0.15, 0.2) is 67.0 Å². The monoisotopic (exact) mass is 498 g/mol. The summed E-state index contributed by atoms with van der Waals surface area (Å²) in [7, 11) is 0. The number of para-hydroxylation sites is 1. The normalized spacial score (nSPS) is 12.1. The van der Waals surface area contributed by atoms with Gasteiger partial charge in [-0.1, -0.05) is 82.0 Å². The molecule has 0 bridgehead atoms. The second kappa shape index (κ2) is 13.0. The van der Waals surface area contributed by atoms with Gasteiger partial charge in [0.15, 0.2) is 0 Å². The van der Waals surface area contributed by atoms with Crippen molar-refractivity contribution in [2.75, 3.05) is 13.1 Å². The number of unbranched alkanes of at least 4 members (excludes halogenated alkanes) is 4. The number of nitrogens with zero attached hydrogens (tertiary/aromatic N) is 2. The number of carbonyl (C=O) groups excluding carboxylic acids is 2. The number of aromatic nitrogens is 2. The summed E-state index contributed by atoms with van der Waals surface area (Å²) in [6.07, 6.45) is 10.3. The first-order chi connectivity index (χ1) is 18.1. The number of benzene rings is 2. The molecule has 0 saturated carbocycles. The van der Waals surface area contributed by atoms with Crippen LogP contribution in [0.4, 0.5) is 0 Å². The molecule has 4 rings (SSSR count). The van der Waals surface area contributed by atoms with Crippen LogP contribution in [0.5, 0.6) is 0 Å². The second-order valence-electron chi connectivity index (χ2n) is 9.71. The molecular formula is C31H38N4O2. The summed E-state index contributed by atoms with van der Waals surface area (Å²) in [5.74, 6) is -0.344. The van der Waals surface area contributed by atoms with Gasteiger partial charge in [0.25, 0.3) is 5.91 Å². The number of carbonyl (C=O) groups is 2. The Balaban J connectivity index is 1.63. The van der Waals surface area contributed by atoms with E-state index in [-0.39, 0.29) is 11.8 Å². The van der Waals surface area contributed by atoms with E-state index in [1.54, 1.807) is 6.20 Å². The van der Waals surface area contributed by atoms with Gasteiger partial charge in [-0.3, -0.25) is 14.6 Å². The van der Waals surface area contributed by atoms with E-state index in [0.717, 1.165) is 65.8 Å². The van der Waals surface area contributed by atoms with Gasteiger partial charge in [0.1, 0.15) is 11.7 Å². The zero-order valence-electron chi connectivity index (χ0n) is 22.0. The van der Waals surface area contributed by atoms with Crippen molar-refractivity contribution >= 4 is 33.5 Å². The van der Waals surface area contributed by atoms with Crippen molar-refractivity contribution in [1.29, 1.82) is 0 Å². The number of nitrogens with one attached hydrogen (secondary N) is 2. The third kappa shape index (κ3) is 6.56. The summed E-state index contributed by atoms with van der Waals surface area (Å²) < 4.78 is 0. The molecule has 4 aromatic rings. The third-order valence-electron chi connectivity index (χ3n) is 6.97. The van der Waals surface area contributed by atoms with Crippen molar-refractivity contribution in [3.8, 4) is 0 Å². The molecular weight excluding hydrogens is 460 g/mol. The lowest BCUT2D eigenvalue weighted by molar-refractivity contribution is -0.133. The fraction of sp³-hybridized carbons (Fsp3) is 0.387. The molecule has 1 atom stereocenters. The van der Waals surface area contributed by atoms with Crippen LogP contribution >= 0.6 is 0 Å². The minimum atomic E-state index is -0.685. The molecule has 0 saturated heterocycles. The highest BCUT2D eigenvalue weighted by molar-refractivity contribution is 6.06. The quantitative estimate of drug-likeness (QED) is 0.213. The minimum Gasteiger partial charge on any atom is -0.361 e. The molecule has 0 aliphatic carbocycles. The number of rotatable bonds is 13. The van der Waals surface area contributed by atoms with E-state index < -0.39 is 6.04 Å². The van der Waals surface area contributed by atoms with Gasteiger partial charge in [-0.25, -0.2) is 0 Å². The van der Waals surface area contributed by atoms with Gasteiger partial charge < -0.3 is 15.2 Å². The molecule has 0 radical (unpaired) electrons. The van der Waals surface area contributed by atoms with Crippen molar-refractivity contribution in [3.63, 3.8) is 0 Å². The summed E-state index contributed by atoms with van der Waals surface area (Å²) in [5.41, 5.74) is 2.38. The number of fused-ring (bicyclic) bond motifs is 2. The van der Waals surface area contributed by atoms with Crippen molar-refractivity contribution < 1.29 is 9.59 Å². The van der Waals surface area contributed by atoms with E-state index in [9.17, 15) is 9.59 Å². The lowest BCUT2D eigenvalue weighted by Gasteiger charge is -2.28. The van der Waals surface area contributed by atoms with Gasteiger partial charge in [0, 0.05) is 48.2 Å². The second-order valence-corrected chi connectivity index (χ2v) is 9.71. The minimum absolute atomic E-state index is 0.0222. The molecule has 2 aromatic heterocycles. The highest BCUT2D eigenvalue weighted by Gasteiger charge is 2.28. The molecule has 2 heterocycles. The largest absolute Gasteiger partial charge is 0.361 e. The summed E-state index contributed by atoms with van der Waals surface area (Å²) in [4.78, 5) is 37.2. The number of hydrogen-bond donors (Lipinski definition) is 2. The number of pyridine rings is 1. The first kappa shape index (κ1) is 26.4. The van der Waals surface area contributed by atoms with E-state index in [1.165, 1.54) is 0 Å². The van der Waals surface area contributed by atoms with Crippen LogP contribution < -0.4 is 5.32 Å². The van der Waals surface area contributed by atoms with Crippen molar-refractivity contribution in [1.82, 2.24) is 20.2 Å². The number of amides is 2. The molecule has 0 aliphatic heterocycles. The zero-order valence-corrected chi connectivity index (χ0v) is 22.0. The van der Waals surface area contributed by atoms with Crippen molar-refractivity contribution in [2.45, 2.75) is 64.8 Å². The lowest BCUT2D eigenvalue weighted by atomic mass is 10.0. The summed E-state index contributed by atoms with van der Waals surface area (Å²) in [6.45, 7) is 5.76. The number of hydrogen-bond acceptors (Lipinski definition) is 3. The Morgan fingerprint density at radius 3 is 2.30 bits per heavy atom. The Hall–Kier alpha value is -3.67. The van der Waals surface area contributed by atoms with Gasteiger partial charge in [0.05, 0.1) is 0 Å². The van der Waals surface area contributed by atoms with Gasteiger partial charge >= 0.3 is 0 Å². The predicted molar refractivity (Wildman–Crippen MR) is 151 cm³/mol. The van der Waals surface area contributed by atoms with Crippen molar-refractivity contribution in [3.05, 3.63) is 78.2 Å². The molecule has 0 spiro atoms. The average Bonchev–Trinajstić information content (AvgIpc) is 3.34. The standard InChI is InChI=1S/C31H38N4O2/c1-3-5-11-19-35(20-12-6-4-2)31(37)28(21-24-22-33-27-16-10-9-14-25(24)27)34-30(36)29-26-15-8-7-13-23(26)17-18-32-29/h7-10,13-18,22,28,33H,3-6,11-12,19-21H2,1-2H3,(H,34,36)/t28-/m1/s1. The summed E-state index contributed by atoms with van der Waals surface area (Å²) in [5, 5.41) is 5.88. The van der Waals surface area contributed by atoms with Crippen LogP contribution in [0.3, 0.4) is 0 Å². The fourth-order valence-electron chi connectivity index (χ4n) is 4.91. The smallest absolute Gasteiger partial charge is 0.271 e. The molecule has 0 fully saturated rings. The Labute approximate surface area is 219 Å². The van der Waals surface area contributed by atoms with Gasteiger partial charge in [-0.15, -0.1) is 0 Å². The highest BCUT2D eigenvalue weighted by atomic mass is 16.2. The lowest BCUT2D eigenvalue weighted by Crippen LogP contribution is -2.50. The molecule has 2 aromatic carbocycles. The molecule has 194 valence electrons. The van der Waals surface area contributed by atoms with Crippen molar-refractivity contribution in [2.24, 2.45) is 0 Å². The molecule has 37 heavy (non-hydrogen) atoms. The van der Waals surface area contributed by atoms with E-state index in [2.05, 4.69) is 35.2 Å². The highest BCUT2D eigenvalue weighted by Crippen LogP contribution is 2.21. The zero-order chi connectivity index (χ0) is 26.0. The number of aromatic amines is 1. The summed E-state index contributed by atoms with van der Waals surface area (Å²) in [6, 6.07) is 17.0. The topological polar surface area (TPSA) is 78.1 Å². The Bertz CT molecular complexity index is 1310. The van der Waals surface area contributed by atoms with E-state index >= 15 is 0 Å². The maximum Gasteiger partial charge on any atom is 0.271 e. The van der Waals surface area contributed by atoms with Crippen LogP contribution in [-0.2, 0) is 11.2 Å². The van der Waals surface area contributed by atoms with Gasteiger partial charge in [-0.05, 0) is 35.9 Å². The maximum atomic E-state index is 14.0. The van der Waals surface area contributed by atoms with Crippen LogP contribution in [0.25, 0.3) is 21.7 Å². The van der Waals surface area contributed by atoms with E-state index in [0.29, 0.717) is 25.2 Å². The molecule has 6 heteroatoms. The van der Waals surface area contributed by atoms with Gasteiger partial charge in [-0.2, -0.15) is 0 Å². The molecule has 0 unspecified atom stereocenters.